The van der Waals surface area contributed by atoms with Crippen LogP contribution in [0.15, 0.2) is 5.38 Å². The zero-order valence-corrected chi connectivity index (χ0v) is 10.6. The molecule has 0 saturated carbocycles. The van der Waals surface area contributed by atoms with Crippen LogP contribution in [0.4, 0.5) is 0 Å². The fraction of sp³-hybridized carbons (Fsp3) is 0.636. The second kappa shape index (κ2) is 4.83. The van der Waals surface area contributed by atoms with Gasteiger partial charge >= 0.3 is 0 Å². The van der Waals surface area contributed by atoms with Gasteiger partial charge in [0, 0.05) is 23.4 Å². The Morgan fingerprint density at radius 1 is 1.67 bits per heavy atom. The van der Waals surface area contributed by atoms with E-state index in [0.717, 1.165) is 24.7 Å². The van der Waals surface area contributed by atoms with Crippen LogP contribution in [0.25, 0.3) is 0 Å². The lowest BCUT2D eigenvalue weighted by Gasteiger charge is -2.21. The van der Waals surface area contributed by atoms with E-state index in [0.29, 0.717) is 12.0 Å². The van der Waals surface area contributed by atoms with E-state index in [2.05, 4.69) is 17.6 Å². The minimum absolute atomic E-state index is 0.346. The molecule has 2 unspecified atom stereocenters. The van der Waals surface area contributed by atoms with Crippen LogP contribution in [-0.4, -0.2) is 20.3 Å². The Morgan fingerprint density at radius 3 is 2.93 bits per heavy atom. The number of hydrogen-bond donors (Lipinski definition) is 1. The molecule has 1 saturated heterocycles. The maximum atomic E-state index is 6.29. The van der Waals surface area contributed by atoms with E-state index in [-0.39, 0.29) is 0 Å². The van der Waals surface area contributed by atoms with Crippen molar-refractivity contribution in [1.29, 1.82) is 0 Å². The smallest absolute Gasteiger partial charge is 0.0590 e. The van der Waals surface area contributed by atoms with E-state index in [1.54, 1.807) is 11.3 Å². The molecule has 1 aliphatic rings. The van der Waals surface area contributed by atoms with E-state index in [9.17, 15) is 0 Å². The second-order valence-corrected chi connectivity index (χ2v) is 5.28. The average Bonchev–Trinajstić information content (AvgIpc) is 2.84. The lowest BCUT2D eigenvalue weighted by atomic mass is 9.97. The lowest BCUT2D eigenvalue weighted by Crippen LogP contribution is -2.24. The lowest BCUT2D eigenvalue weighted by molar-refractivity contribution is 0.178. The van der Waals surface area contributed by atoms with Gasteiger partial charge in [-0.3, -0.25) is 0 Å². The van der Waals surface area contributed by atoms with Crippen LogP contribution >= 0.6 is 22.9 Å². The van der Waals surface area contributed by atoms with Crippen LogP contribution in [0.2, 0.25) is 5.02 Å². The van der Waals surface area contributed by atoms with Crippen LogP contribution in [0.3, 0.4) is 0 Å². The first-order valence-electron chi connectivity index (χ1n) is 5.22. The first-order valence-corrected chi connectivity index (χ1v) is 6.48. The summed E-state index contributed by atoms with van der Waals surface area (Å²) in [5.74, 6) is 0.561. The number of thiophene rings is 1. The van der Waals surface area contributed by atoms with Crippen molar-refractivity contribution in [2.75, 3.05) is 20.3 Å². The van der Waals surface area contributed by atoms with Gasteiger partial charge in [-0.05, 0) is 31.3 Å². The number of aryl methyl sites for hydroxylation is 1. The number of nitrogens with one attached hydrogen (secondary N) is 1. The van der Waals surface area contributed by atoms with Crippen LogP contribution in [0.5, 0.6) is 0 Å². The van der Waals surface area contributed by atoms with Gasteiger partial charge in [0.25, 0.3) is 0 Å². The molecular formula is C11H16ClNOS. The van der Waals surface area contributed by atoms with Crippen molar-refractivity contribution in [2.45, 2.75) is 19.4 Å². The van der Waals surface area contributed by atoms with Gasteiger partial charge in [0.15, 0.2) is 0 Å². The Balaban J connectivity index is 2.22. The molecule has 0 aliphatic carbocycles. The highest BCUT2D eigenvalue weighted by molar-refractivity contribution is 7.10. The monoisotopic (exact) mass is 245 g/mol. The standard InChI is InChI=1S/C11H16ClNOS/c1-7-6-15-11(9(7)12)10(13-2)8-3-4-14-5-8/h6,8,10,13H,3-5H2,1-2H3. The van der Waals surface area contributed by atoms with Crippen LogP contribution in [0.1, 0.15) is 22.9 Å². The molecule has 1 aromatic rings. The second-order valence-electron chi connectivity index (χ2n) is 3.99. The molecule has 84 valence electrons. The van der Waals surface area contributed by atoms with Crippen molar-refractivity contribution in [3.8, 4) is 0 Å². The van der Waals surface area contributed by atoms with Gasteiger partial charge in [0.05, 0.1) is 11.6 Å². The highest BCUT2D eigenvalue weighted by Gasteiger charge is 2.28. The van der Waals surface area contributed by atoms with Gasteiger partial charge in [0.1, 0.15) is 0 Å². The van der Waals surface area contributed by atoms with Crippen molar-refractivity contribution in [3.63, 3.8) is 0 Å². The fourth-order valence-corrected chi connectivity index (χ4v) is 3.57. The fourth-order valence-electron chi connectivity index (χ4n) is 2.06. The van der Waals surface area contributed by atoms with Gasteiger partial charge in [0.2, 0.25) is 0 Å². The van der Waals surface area contributed by atoms with Crippen molar-refractivity contribution in [2.24, 2.45) is 5.92 Å². The topological polar surface area (TPSA) is 21.3 Å². The highest BCUT2D eigenvalue weighted by Crippen LogP contribution is 2.38. The number of ether oxygens (including phenoxy) is 1. The Morgan fingerprint density at radius 2 is 2.47 bits per heavy atom. The Labute approximate surface area is 99.6 Å². The molecule has 4 heteroatoms. The van der Waals surface area contributed by atoms with E-state index in [1.165, 1.54) is 10.4 Å². The van der Waals surface area contributed by atoms with Gasteiger partial charge in [-0.25, -0.2) is 0 Å². The van der Waals surface area contributed by atoms with Crippen molar-refractivity contribution < 1.29 is 4.74 Å². The third kappa shape index (κ3) is 2.21. The molecule has 1 aromatic heterocycles. The van der Waals surface area contributed by atoms with Crippen LogP contribution < -0.4 is 5.32 Å². The highest BCUT2D eigenvalue weighted by atomic mass is 35.5. The number of rotatable bonds is 3. The SMILES string of the molecule is CNC(c1scc(C)c1Cl)C1CCOC1. The molecule has 1 fully saturated rings. The summed E-state index contributed by atoms with van der Waals surface area (Å²) in [5.41, 5.74) is 1.18. The first-order chi connectivity index (χ1) is 7.24. The summed E-state index contributed by atoms with van der Waals surface area (Å²) in [7, 11) is 1.99. The molecule has 0 radical (unpaired) electrons. The third-order valence-corrected chi connectivity index (χ3v) is 4.75. The minimum atomic E-state index is 0.346. The molecular weight excluding hydrogens is 230 g/mol. The summed E-state index contributed by atoms with van der Waals surface area (Å²) >= 11 is 8.04. The molecule has 0 amide bonds. The first kappa shape index (κ1) is 11.4. The number of halogens is 1. The van der Waals surface area contributed by atoms with Gasteiger partial charge in [-0.1, -0.05) is 11.6 Å². The van der Waals surface area contributed by atoms with E-state index >= 15 is 0 Å². The maximum Gasteiger partial charge on any atom is 0.0590 e. The van der Waals surface area contributed by atoms with E-state index in [1.807, 2.05) is 7.05 Å². The largest absolute Gasteiger partial charge is 0.381 e. The number of hydrogen-bond acceptors (Lipinski definition) is 3. The summed E-state index contributed by atoms with van der Waals surface area (Å²) in [4.78, 5) is 1.26. The molecule has 2 heterocycles. The van der Waals surface area contributed by atoms with Crippen molar-refractivity contribution in [1.82, 2.24) is 5.32 Å². The quantitative estimate of drug-likeness (QED) is 0.884. The summed E-state index contributed by atoms with van der Waals surface area (Å²) in [5, 5.41) is 6.41. The van der Waals surface area contributed by atoms with Crippen LogP contribution in [0, 0.1) is 12.8 Å². The summed E-state index contributed by atoms with van der Waals surface area (Å²) in [6, 6.07) is 0.346. The van der Waals surface area contributed by atoms with E-state index in [4.69, 9.17) is 16.3 Å². The molecule has 2 rings (SSSR count). The van der Waals surface area contributed by atoms with Gasteiger partial charge in [-0.15, -0.1) is 11.3 Å². The van der Waals surface area contributed by atoms with E-state index < -0.39 is 0 Å². The van der Waals surface area contributed by atoms with Crippen molar-refractivity contribution >= 4 is 22.9 Å². The summed E-state index contributed by atoms with van der Waals surface area (Å²) < 4.78 is 5.43. The molecule has 0 spiro atoms. The predicted octanol–water partition coefficient (Wildman–Crippen LogP) is 3.01. The Hall–Kier alpha value is -0.0900. The molecule has 0 aromatic carbocycles. The minimum Gasteiger partial charge on any atom is -0.381 e. The average molecular weight is 246 g/mol. The predicted molar refractivity (Wildman–Crippen MR) is 64.8 cm³/mol. The summed E-state index contributed by atoms with van der Waals surface area (Å²) in [6.07, 6.45) is 1.12. The third-order valence-electron chi connectivity index (χ3n) is 2.95. The molecule has 2 nitrogen and oxygen atoms in total. The maximum absolute atomic E-state index is 6.29. The zero-order valence-electron chi connectivity index (χ0n) is 9.05. The van der Waals surface area contributed by atoms with Crippen LogP contribution in [-0.2, 0) is 4.74 Å². The van der Waals surface area contributed by atoms with Crippen molar-refractivity contribution in [3.05, 3.63) is 20.8 Å². The van der Waals surface area contributed by atoms with Gasteiger partial charge in [-0.2, -0.15) is 0 Å². The molecule has 15 heavy (non-hydrogen) atoms. The Kier molecular flexibility index (Phi) is 3.67. The summed E-state index contributed by atoms with van der Waals surface area (Å²) in [6.45, 7) is 3.78. The zero-order chi connectivity index (χ0) is 10.8. The Bertz CT molecular complexity index is 333. The normalized spacial score (nSPS) is 23.3. The molecule has 0 bridgehead atoms. The molecule has 1 N–H and O–H groups in total. The molecule has 1 aliphatic heterocycles. The van der Waals surface area contributed by atoms with Gasteiger partial charge < -0.3 is 10.1 Å². The molecule has 2 atom stereocenters.